The first-order valence-corrected chi connectivity index (χ1v) is 8.39. The van der Waals surface area contributed by atoms with E-state index >= 15 is 0 Å². The first kappa shape index (κ1) is 16.4. The molecule has 2 N–H and O–H groups in total. The van der Waals surface area contributed by atoms with Gasteiger partial charge < -0.3 is 9.84 Å². The van der Waals surface area contributed by atoms with Gasteiger partial charge in [0.25, 0.3) is 0 Å². The van der Waals surface area contributed by atoms with E-state index in [1.165, 1.54) is 25.8 Å². The van der Waals surface area contributed by atoms with Crippen molar-refractivity contribution in [1.29, 1.82) is 0 Å². The maximum atomic E-state index is 13.6. The van der Waals surface area contributed by atoms with Crippen molar-refractivity contribution in [2.24, 2.45) is 5.92 Å². The van der Waals surface area contributed by atoms with Gasteiger partial charge in [0.1, 0.15) is 5.82 Å². The summed E-state index contributed by atoms with van der Waals surface area (Å²) in [4.78, 5) is -0.0485. The minimum atomic E-state index is -3.72. The Morgan fingerprint density at radius 2 is 2.14 bits per heavy atom. The SMILES string of the molecule is Cc1cc(S(=O)(=O)NCCOCC2CC2)cc(CO)c1F. The van der Waals surface area contributed by atoms with Gasteiger partial charge >= 0.3 is 0 Å². The third kappa shape index (κ3) is 4.47. The first-order chi connectivity index (χ1) is 9.94. The average molecular weight is 317 g/mol. The third-order valence-corrected chi connectivity index (χ3v) is 4.81. The molecule has 2 rings (SSSR count). The minimum Gasteiger partial charge on any atom is -0.392 e. The normalized spacial score (nSPS) is 15.4. The lowest BCUT2D eigenvalue weighted by Crippen LogP contribution is -2.28. The molecule has 1 fully saturated rings. The van der Waals surface area contributed by atoms with Gasteiger partial charge in [0.15, 0.2) is 0 Å². The van der Waals surface area contributed by atoms with E-state index in [-0.39, 0.29) is 22.6 Å². The molecule has 0 aromatic heterocycles. The number of hydrogen-bond acceptors (Lipinski definition) is 4. The number of hydrogen-bond donors (Lipinski definition) is 2. The first-order valence-electron chi connectivity index (χ1n) is 6.91. The molecule has 0 radical (unpaired) electrons. The summed E-state index contributed by atoms with van der Waals surface area (Å²) in [6, 6.07) is 2.40. The molecule has 0 amide bonds. The molecule has 0 heterocycles. The summed E-state index contributed by atoms with van der Waals surface area (Å²) in [7, 11) is -3.72. The highest BCUT2D eigenvalue weighted by atomic mass is 32.2. The number of nitrogens with one attached hydrogen (secondary N) is 1. The monoisotopic (exact) mass is 317 g/mol. The molecule has 7 heteroatoms. The molecule has 5 nitrogen and oxygen atoms in total. The van der Waals surface area contributed by atoms with Crippen LogP contribution in [0.15, 0.2) is 17.0 Å². The molecule has 1 saturated carbocycles. The molecular weight excluding hydrogens is 297 g/mol. The highest BCUT2D eigenvalue weighted by Crippen LogP contribution is 2.28. The van der Waals surface area contributed by atoms with Crippen LogP contribution in [0.3, 0.4) is 0 Å². The summed E-state index contributed by atoms with van der Waals surface area (Å²) in [6.45, 7) is 2.07. The Balaban J connectivity index is 1.96. The molecule has 1 aromatic carbocycles. The van der Waals surface area contributed by atoms with E-state index in [0.29, 0.717) is 19.1 Å². The maximum Gasteiger partial charge on any atom is 0.240 e. The molecule has 0 unspecified atom stereocenters. The average Bonchev–Trinajstić information content (AvgIpc) is 3.25. The quantitative estimate of drug-likeness (QED) is 0.709. The second-order valence-corrected chi connectivity index (χ2v) is 7.05. The largest absolute Gasteiger partial charge is 0.392 e. The van der Waals surface area contributed by atoms with Gasteiger partial charge in [0.05, 0.1) is 18.1 Å². The Kier molecular flexibility index (Phi) is 5.32. The molecule has 21 heavy (non-hydrogen) atoms. The van der Waals surface area contributed by atoms with E-state index in [0.717, 1.165) is 6.07 Å². The van der Waals surface area contributed by atoms with Gasteiger partial charge in [-0.15, -0.1) is 0 Å². The van der Waals surface area contributed by atoms with Crippen LogP contribution < -0.4 is 4.72 Å². The zero-order chi connectivity index (χ0) is 15.5. The van der Waals surface area contributed by atoms with Crippen LogP contribution in [-0.2, 0) is 21.4 Å². The van der Waals surface area contributed by atoms with Crippen LogP contribution in [-0.4, -0.2) is 33.3 Å². The Morgan fingerprint density at radius 3 is 2.76 bits per heavy atom. The third-order valence-electron chi connectivity index (χ3n) is 3.37. The highest BCUT2D eigenvalue weighted by molar-refractivity contribution is 7.89. The fourth-order valence-corrected chi connectivity index (χ4v) is 3.09. The predicted octanol–water partition coefficient (Wildman–Crippen LogP) is 1.33. The van der Waals surface area contributed by atoms with Crippen LogP contribution >= 0.6 is 0 Å². The van der Waals surface area contributed by atoms with Gasteiger partial charge in [-0.2, -0.15) is 0 Å². The molecule has 0 bridgehead atoms. The molecule has 1 aliphatic rings. The van der Waals surface area contributed by atoms with Crippen molar-refractivity contribution in [2.45, 2.75) is 31.3 Å². The van der Waals surface area contributed by atoms with Crippen molar-refractivity contribution in [1.82, 2.24) is 4.72 Å². The Bertz CT molecular complexity index is 599. The number of aliphatic hydroxyl groups is 1. The molecule has 1 aromatic rings. The molecule has 0 saturated heterocycles. The van der Waals surface area contributed by atoms with Crippen molar-refractivity contribution in [3.05, 3.63) is 29.1 Å². The van der Waals surface area contributed by atoms with Gasteiger partial charge in [-0.3, -0.25) is 0 Å². The Morgan fingerprint density at radius 1 is 1.43 bits per heavy atom. The molecule has 1 aliphatic carbocycles. The minimum absolute atomic E-state index is 0.0274. The summed E-state index contributed by atoms with van der Waals surface area (Å²) in [5, 5.41) is 9.06. The lowest BCUT2D eigenvalue weighted by molar-refractivity contribution is 0.129. The molecule has 0 spiro atoms. The molecule has 0 atom stereocenters. The van der Waals surface area contributed by atoms with Crippen molar-refractivity contribution in [3.8, 4) is 0 Å². The number of sulfonamides is 1. The van der Waals surface area contributed by atoms with Gasteiger partial charge in [-0.05, 0) is 43.4 Å². The lowest BCUT2D eigenvalue weighted by atomic mass is 10.1. The Labute approximate surface area is 124 Å². The van der Waals surface area contributed by atoms with Crippen LogP contribution in [0.4, 0.5) is 4.39 Å². The summed E-state index contributed by atoms with van der Waals surface area (Å²) >= 11 is 0. The maximum absolute atomic E-state index is 13.6. The van der Waals surface area contributed by atoms with Crippen LogP contribution in [0.1, 0.15) is 24.0 Å². The van der Waals surface area contributed by atoms with Crippen molar-refractivity contribution in [3.63, 3.8) is 0 Å². The topological polar surface area (TPSA) is 75.6 Å². The summed E-state index contributed by atoms with van der Waals surface area (Å²) in [6.07, 6.45) is 2.37. The van der Waals surface area contributed by atoms with Gasteiger partial charge in [0, 0.05) is 18.7 Å². The van der Waals surface area contributed by atoms with Crippen molar-refractivity contribution in [2.75, 3.05) is 19.8 Å². The number of rotatable bonds is 8. The number of halogens is 1. The van der Waals surface area contributed by atoms with Gasteiger partial charge in [-0.1, -0.05) is 0 Å². The zero-order valence-corrected chi connectivity index (χ0v) is 12.7. The van der Waals surface area contributed by atoms with E-state index in [1.54, 1.807) is 0 Å². The van der Waals surface area contributed by atoms with Gasteiger partial charge in [0.2, 0.25) is 10.0 Å². The second-order valence-electron chi connectivity index (χ2n) is 5.29. The fraction of sp³-hybridized carbons (Fsp3) is 0.571. The van der Waals surface area contributed by atoms with Gasteiger partial charge in [-0.25, -0.2) is 17.5 Å². The van der Waals surface area contributed by atoms with E-state index < -0.39 is 22.4 Å². The number of ether oxygens (including phenoxy) is 1. The predicted molar refractivity (Wildman–Crippen MR) is 75.8 cm³/mol. The lowest BCUT2D eigenvalue weighted by Gasteiger charge is -2.10. The van der Waals surface area contributed by atoms with Crippen molar-refractivity contribution < 1.29 is 22.7 Å². The molecule has 0 aliphatic heterocycles. The summed E-state index contributed by atoms with van der Waals surface area (Å²) in [5.74, 6) is 0.0534. The zero-order valence-electron chi connectivity index (χ0n) is 11.9. The fourth-order valence-electron chi connectivity index (χ4n) is 1.94. The number of benzene rings is 1. The molecular formula is C14H20FNO4S. The molecule has 118 valence electrons. The standard InChI is InChI=1S/C14H20FNO4S/c1-10-6-13(7-12(8-17)14(10)15)21(18,19)16-4-5-20-9-11-2-3-11/h6-7,11,16-17H,2-5,8-9H2,1H3. The number of aliphatic hydroxyl groups excluding tert-OH is 1. The van der Waals surface area contributed by atoms with Crippen LogP contribution in [0.5, 0.6) is 0 Å². The van der Waals surface area contributed by atoms with Crippen LogP contribution in [0.25, 0.3) is 0 Å². The van der Waals surface area contributed by atoms with Crippen molar-refractivity contribution >= 4 is 10.0 Å². The number of aryl methyl sites for hydroxylation is 1. The highest BCUT2D eigenvalue weighted by Gasteiger charge is 2.21. The van der Waals surface area contributed by atoms with Crippen LogP contribution in [0, 0.1) is 18.7 Å². The van der Waals surface area contributed by atoms with E-state index in [4.69, 9.17) is 9.84 Å². The second kappa shape index (κ2) is 6.83. The summed E-state index contributed by atoms with van der Waals surface area (Å²) < 4.78 is 45.6. The Hall–Kier alpha value is -1.02. The summed E-state index contributed by atoms with van der Waals surface area (Å²) in [5.41, 5.74) is 0.160. The van der Waals surface area contributed by atoms with E-state index in [1.807, 2.05) is 0 Å². The van der Waals surface area contributed by atoms with E-state index in [9.17, 15) is 12.8 Å². The smallest absolute Gasteiger partial charge is 0.240 e. The van der Waals surface area contributed by atoms with E-state index in [2.05, 4.69) is 4.72 Å². The van der Waals surface area contributed by atoms with Crippen LogP contribution in [0.2, 0.25) is 0 Å².